The predicted octanol–water partition coefficient (Wildman–Crippen LogP) is -1.04. The van der Waals surface area contributed by atoms with Gasteiger partial charge in [0.15, 0.2) is 12.1 Å². The van der Waals surface area contributed by atoms with E-state index in [1.165, 1.54) is 4.80 Å². The van der Waals surface area contributed by atoms with Gasteiger partial charge in [-0.25, -0.2) is 0 Å². The van der Waals surface area contributed by atoms with Gasteiger partial charge < -0.3 is 14.8 Å². The van der Waals surface area contributed by atoms with Gasteiger partial charge >= 0.3 is 0 Å². The number of nitrogens with zero attached hydrogens (tertiary/aromatic N) is 4. The Balaban J connectivity index is 2.60. The van der Waals surface area contributed by atoms with Crippen LogP contribution in [-0.2, 0) is 22.9 Å². The number of likely N-dealkylation sites (N-methyl/N-ethyl adjacent to an activating group) is 1. The Kier molecular flexibility index (Phi) is 4.60. The van der Waals surface area contributed by atoms with E-state index in [1.807, 2.05) is 7.05 Å². The predicted molar refractivity (Wildman–Crippen MR) is 53.2 cm³/mol. The van der Waals surface area contributed by atoms with Crippen LogP contribution in [-0.4, -0.2) is 53.8 Å². The van der Waals surface area contributed by atoms with Gasteiger partial charge in [0.05, 0.1) is 13.1 Å². The maximum atomic E-state index is 5.16. The van der Waals surface area contributed by atoms with Crippen LogP contribution in [0.4, 0.5) is 0 Å². The molecule has 1 N–H and O–H groups in total. The SMILES string of the molecule is CNC(Cc1nnn(C)n1)C(OC)OC. The molecule has 0 aromatic carbocycles. The Labute approximate surface area is 88.7 Å². The highest BCUT2D eigenvalue weighted by Gasteiger charge is 2.21. The molecule has 1 rings (SSSR count). The molecule has 0 bridgehead atoms. The van der Waals surface area contributed by atoms with Crippen LogP contribution >= 0.6 is 0 Å². The molecule has 0 saturated heterocycles. The molecule has 7 heteroatoms. The Bertz CT molecular complexity index is 286. The largest absolute Gasteiger partial charge is 0.354 e. The summed E-state index contributed by atoms with van der Waals surface area (Å²) in [6, 6.07) is 0.00389. The molecular weight excluding hydrogens is 198 g/mol. The van der Waals surface area contributed by atoms with Crippen molar-refractivity contribution < 1.29 is 9.47 Å². The van der Waals surface area contributed by atoms with Crippen molar-refractivity contribution in [2.24, 2.45) is 7.05 Å². The molecule has 0 amide bonds. The van der Waals surface area contributed by atoms with E-state index >= 15 is 0 Å². The summed E-state index contributed by atoms with van der Waals surface area (Å²) in [6.07, 6.45) is 0.287. The van der Waals surface area contributed by atoms with Gasteiger partial charge in [-0.15, -0.1) is 10.2 Å². The number of hydrogen-bond acceptors (Lipinski definition) is 6. The number of tetrazole rings is 1. The van der Waals surface area contributed by atoms with Crippen LogP contribution in [0.15, 0.2) is 0 Å². The van der Waals surface area contributed by atoms with Crippen LogP contribution in [0.1, 0.15) is 5.82 Å². The molecule has 7 nitrogen and oxygen atoms in total. The molecular formula is C8H17N5O2. The molecule has 1 atom stereocenters. The minimum atomic E-state index is -0.321. The topological polar surface area (TPSA) is 74.1 Å². The lowest BCUT2D eigenvalue weighted by molar-refractivity contribution is -0.121. The summed E-state index contributed by atoms with van der Waals surface area (Å²) in [7, 11) is 6.77. The molecule has 86 valence electrons. The molecule has 1 unspecified atom stereocenters. The standard InChI is InChI=1S/C8H17N5O2/c1-9-6(8(14-3)15-4)5-7-10-12-13(2)11-7/h6,8-9H,5H2,1-4H3. The molecule has 0 radical (unpaired) electrons. The number of ether oxygens (including phenoxy) is 2. The van der Waals surface area contributed by atoms with Crippen LogP contribution in [0.5, 0.6) is 0 Å². The second kappa shape index (κ2) is 5.74. The van der Waals surface area contributed by atoms with Crippen molar-refractivity contribution in [3.63, 3.8) is 0 Å². The molecule has 15 heavy (non-hydrogen) atoms. The summed E-state index contributed by atoms with van der Waals surface area (Å²) >= 11 is 0. The van der Waals surface area contributed by atoms with E-state index < -0.39 is 0 Å². The fraction of sp³-hybridized carbons (Fsp3) is 0.875. The first-order valence-electron chi connectivity index (χ1n) is 4.67. The van der Waals surface area contributed by atoms with Crippen LogP contribution in [0.3, 0.4) is 0 Å². The fourth-order valence-corrected chi connectivity index (χ4v) is 1.36. The van der Waals surface area contributed by atoms with Gasteiger partial charge in [0.1, 0.15) is 0 Å². The first kappa shape index (κ1) is 12.0. The van der Waals surface area contributed by atoms with Crippen LogP contribution < -0.4 is 5.32 Å². The highest BCUT2D eigenvalue weighted by Crippen LogP contribution is 2.04. The second-order valence-electron chi connectivity index (χ2n) is 3.13. The molecule has 0 aliphatic rings. The molecule has 0 aliphatic heterocycles. The summed E-state index contributed by atoms with van der Waals surface area (Å²) in [5, 5.41) is 14.9. The molecule has 1 heterocycles. The zero-order chi connectivity index (χ0) is 11.3. The summed E-state index contributed by atoms with van der Waals surface area (Å²) in [5.74, 6) is 0.663. The van der Waals surface area contributed by atoms with Gasteiger partial charge in [-0.05, 0) is 12.3 Å². The molecule has 0 fully saturated rings. The Morgan fingerprint density at radius 3 is 2.47 bits per heavy atom. The maximum Gasteiger partial charge on any atom is 0.176 e. The quantitative estimate of drug-likeness (QED) is 0.611. The Hall–Kier alpha value is -1.05. The van der Waals surface area contributed by atoms with E-state index in [1.54, 1.807) is 21.3 Å². The van der Waals surface area contributed by atoms with E-state index in [2.05, 4.69) is 20.7 Å². The third-order valence-electron chi connectivity index (χ3n) is 2.12. The number of nitrogens with one attached hydrogen (secondary N) is 1. The van der Waals surface area contributed by atoms with Crippen LogP contribution in [0, 0.1) is 0 Å². The smallest absolute Gasteiger partial charge is 0.176 e. The lowest BCUT2D eigenvalue weighted by atomic mass is 10.2. The monoisotopic (exact) mass is 215 g/mol. The number of aryl methyl sites for hydroxylation is 1. The second-order valence-corrected chi connectivity index (χ2v) is 3.13. The van der Waals surface area contributed by atoms with Crippen molar-refractivity contribution in [3.05, 3.63) is 5.82 Å². The number of methoxy groups -OCH3 is 2. The van der Waals surface area contributed by atoms with Crippen molar-refractivity contribution >= 4 is 0 Å². The third kappa shape index (κ3) is 3.22. The van der Waals surface area contributed by atoms with E-state index in [-0.39, 0.29) is 12.3 Å². The molecule has 1 aromatic heterocycles. The normalized spacial score (nSPS) is 13.4. The zero-order valence-electron chi connectivity index (χ0n) is 9.47. The van der Waals surface area contributed by atoms with E-state index in [9.17, 15) is 0 Å². The lowest BCUT2D eigenvalue weighted by Gasteiger charge is -2.22. The summed E-state index contributed by atoms with van der Waals surface area (Å²) in [5.41, 5.74) is 0. The Morgan fingerprint density at radius 2 is 2.07 bits per heavy atom. The van der Waals surface area contributed by atoms with E-state index in [0.29, 0.717) is 12.2 Å². The first-order chi connectivity index (χ1) is 7.21. The first-order valence-corrected chi connectivity index (χ1v) is 4.67. The van der Waals surface area contributed by atoms with Crippen molar-refractivity contribution in [1.82, 2.24) is 25.5 Å². The summed E-state index contributed by atoms with van der Waals surface area (Å²) in [6.45, 7) is 0. The van der Waals surface area contributed by atoms with Crippen molar-refractivity contribution in [3.8, 4) is 0 Å². The van der Waals surface area contributed by atoms with Gasteiger partial charge in [0.25, 0.3) is 0 Å². The number of aromatic nitrogens is 4. The molecule has 0 spiro atoms. The van der Waals surface area contributed by atoms with Gasteiger partial charge in [0, 0.05) is 20.6 Å². The van der Waals surface area contributed by atoms with Gasteiger partial charge in [-0.3, -0.25) is 0 Å². The molecule has 0 saturated carbocycles. The van der Waals surface area contributed by atoms with Crippen LogP contribution in [0.2, 0.25) is 0 Å². The number of rotatable bonds is 6. The zero-order valence-corrected chi connectivity index (χ0v) is 9.47. The summed E-state index contributed by atoms with van der Waals surface area (Å²) in [4.78, 5) is 1.43. The molecule has 0 aliphatic carbocycles. The third-order valence-corrected chi connectivity index (χ3v) is 2.12. The highest BCUT2D eigenvalue weighted by molar-refractivity contribution is 4.85. The number of hydrogen-bond donors (Lipinski definition) is 1. The maximum absolute atomic E-state index is 5.16. The van der Waals surface area contributed by atoms with Crippen molar-refractivity contribution in [2.45, 2.75) is 18.8 Å². The van der Waals surface area contributed by atoms with Crippen molar-refractivity contribution in [1.29, 1.82) is 0 Å². The van der Waals surface area contributed by atoms with E-state index in [4.69, 9.17) is 9.47 Å². The van der Waals surface area contributed by atoms with Gasteiger partial charge in [-0.2, -0.15) is 4.80 Å². The Morgan fingerprint density at radius 1 is 1.40 bits per heavy atom. The minimum absolute atomic E-state index is 0.00389. The minimum Gasteiger partial charge on any atom is -0.354 e. The fourth-order valence-electron chi connectivity index (χ4n) is 1.36. The highest BCUT2D eigenvalue weighted by atomic mass is 16.7. The van der Waals surface area contributed by atoms with Crippen molar-refractivity contribution in [2.75, 3.05) is 21.3 Å². The van der Waals surface area contributed by atoms with Gasteiger partial charge in [0.2, 0.25) is 0 Å². The van der Waals surface area contributed by atoms with E-state index in [0.717, 1.165) is 0 Å². The lowest BCUT2D eigenvalue weighted by Crippen LogP contribution is -2.42. The summed E-state index contributed by atoms with van der Waals surface area (Å²) < 4.78 is 10.3. The average Bonchev–Trinajstić information content (AvgIpc) is 2.64. The van der Waals surface area contributed by atoms with Gasteiger partial charge in [-0.1, -0.05) is 0 Å². The van der Waals surface area contributed by atoms with Crippen LogP contribution in [0.25, 0.3) is 0 Å². The average molecular weight is 215 g/mol. The molecule has 1 aromatic rings.